The van der Waals surface area contributed by atoms with E-state index < -0.39 is 11.7 Å². The first-order chi connectivity index (χ1) is 14.2. The van der Waals surface area contributed by atoms with E-state index in [0.29, 0.717) is 25.7 Å². The molecule has 1 aromatic carbocycles. The molecule has 7 nitrogen and oxygen atoms in total. The van der Waals surface area contributed by atoms with Gasteiger partial charge in [0.1, 0.15) is 17.9 Å². The zero-order valence-electron chi connectivity index (χ0n) is 18.8. The van der Waals surface area contributed by atoms with Crippen molar-refractivity contribution >= 4 is 17.7 Å². The van der Waals surface area contributed by atoms with Crippen molar-refractivity contribution in [2.45, 2.75) is 58.6 Å². The molecule has 1 aromatic rings. The van der Waals surface area contributed by atoms with E-state index in [0.717, 1.165) is 24.4 Å². The summed E-state index contributed by atoms with van der Waals surface area (Å²) in [5.74, 6) is 0.973. The van der Waals surface area contributed by atoms with E-state index in [1.165, 1.54) is 24.3 Å². The first kappa shape index (κ1) is 22.4. The summed E-state index contributed by atoms with van der Waals surface area (Å²) in [6, 6.07) is 8.45. The van der Waals surface area contributed by atoms with Gasteiger partial charge in [0.25, 0.3) is 0 Å². The Kier molecular flexibility index (Phi) is 7.23. The van der Waals surface area contributed by atoms with Crippen LogP contribution in [0.3, 0.4) is 0 Å². The lowest BCUT2D eigenvalue weighted by molar-refractivity contribution is -0.457. The zero-order chi connectivity index (χ0) is 21.7. The molecule has 1 atom stereocenters. The molecule has 1 unspecified atom stereocenters. The lowest BCUT2D eigenvalue weighted by atomic mass is 10.2. The Morgan fingerprint density at radius 2 is 1.97 bits per heavy atom. The molecule has 1 N–H and O–H groups in total. The molecule has 2 aliphatic rings. The number of hydrogen-bond acceptors (Lipinski definition) is 4. The standard InChI is InChI=1S/C23H35N3O4/c1-18-7-5-12-24(18)13-6-16-29-20-10-8-19(9-11-20)26-15-14-25(17-21(26)27)22(28)30-23(2,3)4/h8-11,18H,5-7,12-17H2,1-4H3/p+1. The van der Waals surface area contributed by atoms with Crippen molar-refractivity contribution in [1.82, 2.24) is 9.80 Å². The van der Waals surface area contributed by atoms with Crippen LogP contribution in [-0.4, -0.2) is 82.4 Å². The molecule has 1 saturated heterocycles. The van der Waals surface area contributed by atoms with Gasteiger partial charge in [0.05, 0.1) is 13.2 Å². The Labute approximate surface area is 179 Å². The molecule has 30 heavy (non-hydrogen) atoms. The van der Waals surface area contributed by atoms with Crippen molar-refractivity contribution in [3.8, 4) is 5.75 Å². The Balaban J connectivity index is 1.49. The van der Waals surface area contributed by atoms with Crippen LogP contribution in [0.4, 0.5) is 10.5 Å². The van der Waals surface area contributed by atoms with E-state index >= 15 is 0 Å². The minimum Gasteiger partial charge on any atom is -0.494 e. The molecular formula is C23H36N3O4+. The monoisotopic (exact) mass is 418 g/mol. The summed E-state index contributed by atoms with van der Waals surface area (Å²) in [6.07, 6.45) is 3.23. The number of hydrogen-bond donors (Lipinski definition) is 1. The third-order valence-corrected chi connectivity index (χ3v) is 5.59. The predicted molar refractivity (Wildman–Crippen MR) is 117 cm³/mol. The molecule has 166 valence electrons. The maximum atomic E-state index is 12.2. The fourth-order valence-corrected chi connectivity index (χ4v) is 3.95. The molecule has 3 rings (SSSR count). The number of aliphatic hydroxyl groups is 1. The molecule has 7 heteroatoms. The summed E-state index contributed by atoms with van der Waals surface area (Å²) < 4.78 is 13.1. The van der Waals surface area contributed by atoms with E-state index in [9.17, 15) is 9.90 Å². The average molecular weight is 419 g/mol. The lowest BCUT2D eigenvalue weighted by Gasteiger charge is -2.28. The SMILES string of the molecule is CC1CCCN1CCCOc1ccc([N+]2=C(O)CN(C(=O)OC(C)(C)C)CC2)cc1. The van der Waals surface area contributed by atoms with Crippen molar-refractivity contribution in [3.63, 3.8) is 0 Å². The van der Waals surface area contributed by atoms with E-state index in [2.05, 4.69) is 11.8 Å². The Hall–Kier alpha value is -2.28. The third-order valence-electron chi connectivity index (χ3n) is 5.59. The quantitative estimate of drug-likeness (QED) is 0.562. The maximum Gasteiger partial charge on any atom is 0.411 e. The minimum absolute atomic E-state index is 0.139. The van der Waals surface area contributed by atoms with E-state index in [-0.39, 0.29) is 12.4 Å². The largest absolute Gasteiger partial charge is 0.494 e. The molecule has 2 heterocycles. The summed E-state index contributed by atoms with van der Waals surface area (Å²) in [7, 11) is 0. The van der Waals surface area contributed by atoms with Gasteiger partial charge in [-0.15, -0.1) is 0 Å². The van der Waals surface area contributed by atoms with Crippen LogP contribution < -0.4 is 4.74 Å². The lowest BCUT2D eigenvalue weighted by Crippen LogP contribution is -2.47. The van der Waals surface area contributed by atoms with Crippen molar-refractivity contribution in [2.24, 2.45) is 0 Å². The Morgan fingerprint density at radius 3 is 2.57 bits per heavy atom. The molecule has 1 amide bonds. The van der Waals surface area contributed by atoms with Crippen LogP contribution in [0, 0.1) is 0 Å². The van der Waals surface area contributed by atoms with Crippen LogP contribution >= 0.6 is 0 Å². The molecule has 0 radical (unpaired) electrons. The van der Waals surface area contributed by atoms with E-state index in [1.54, 1.807) is 0 Å². The summed E-state index contributed by atoms with van der Waals surface area (Å²) in [5, 5.41) is 10.5. The van der Waals surface area contributed by atoms with Gasteiger partial charge < -0.3 is 19.5 Å². The van der Waals surface area contributed by atoms with Crippen molar-refractivity contribution in [1.29, 1.82) is 0 Å². The molecule has 0 spiro atoms. The van der Waals surface area contributed by atoms with Crippen molar-refractivity contribution in [3.05, 3.63) is 24.3 Å². The fraction of sp³-hybridized carbons (Fsp3) is 0.652. The third kappa shape index (κ3) is 6.11. The average Bonchev–Trinajstić information content (AvgIpc) is 3.09. The second-order valence-corrected chi connectivity index (χ2v) is 9.19. The van der Waals surface area contributed by atoms with Gasteiger partial charge in [-0.3, -0.25) is 4.90 Å². The summed E-state index contributed by atoms with van der Waals surface area (Å²) >= 11 is 0. The molecule has 0 bridgehead atoms. The van der Waals surface area contributed by atoms with Crippen LogP contribution in [0.2, 0.25) is 0 Å². The van der Waals surface area contributed by atoms with Crippen LogP contribution in [-0.2, 0) is 4.74 Å². The first-order valence-corrected chi connectivity index (χ1v) is 11.0. The van der Waals surface area contributed by atoms with Gasteiger partial charge >= 0.3 is 12.0 Å². The van der Waals surface area contributed by atoms with Crippen LogP contribution in [0.25, 0.3) is 0 Å². The van der Waals surface area contributed by atoms with E-state index in [1.807, 2.05) is 49.6 Å². The number of carbonyl (C=O) groups excluding carboxylic acids is 1. The fourth-order valence-electron chi connectivity index (χ4n) is 3.95. The smallest absolute Gasteiger partial charge is 0.411 e. The molecular weight excluding hydrogens is 382 g/mol. The molecule has 0 saturated carbocycles. The first-order valence-electron chi connectivity index (χ1n) is 11.0. The number of rotatable bonds is 6. The molecule has 1 fully saturated rings. The normalized spacial score (nSPS) is 20.5. The van der Waals surface area contributed by atoms with Crippen molar-refractivity contribution in [2.75, 3.05) is 39.3 Å². The number of aliphatic hydroxyl groups excluding tert-OH is 1. The van der Waals surface area contributed by atoms with Crippen molar-refractivity contribution < 1.29 is 24.0 Å². The van der Waals surface area contributed by atoms with Gasteiger partial charge in [-0.2, -0.15) is 4.58 Å². The van der Waals surface area contributed by atoms with E-state index in [4.69, 9.17) is 9.47 Å². The van der Waals surface area contributed by atoms with Gasteiger partial charge in [-0.1, -0.05) is 0 Å². The van der Waals surface area contributed by atoms with Crippen LogP contribution in [0.15, 0.2) is 24.3 Å². The minimum atomic E-state index is -0.549. The summed E-state index contributed by atoms with van der Waals surface area (Å²) in [6.45, 7) is 11.9. The zero-order valence-corrected chi connectivity index (χ0v) is 18.8. The second kappa shape index (κ2) is 9.69. The Morgan fingerprint density at radius 1 is 1.23 bits per heavy atom. The highest BCUT2D eigenvalue weighted by atomic mass is 16.6. The summed E-state index contributed by atoms with van der Waals surface area (Å²) in [4.78, 5) is 16.3. The van der Waals surface area contributed by atoms with Crippen LogP contribution in [0.1, 0.15) is 47.0 Å². The van der Waals surface area contributed by atoms with Gasteiger partial charge in [-0.25, -0.2) is 4.79 Å². The number of likely N-dealkylation sites (tertiary alicyclic amines) is 1. The molecule has 0 aromatic heterocycles. The second-order valence-electron chi connectivity index (χ2n) is 9.19. The number of benzene rings is 1. The number of nitrogens with zero attached hydrogens (tertiary/aromatic N) is 3. The highest BCUT2D eigenvalue weighted by Gasteiger charge is 2.32. The number of amides is 1. The highest BCUT2D eigenvalue weighted by molar-refractivity contribution is 5.79. The van der Waals surface area contributed by atoms with Gasteiger partial charge in [0, 0.05) is 24.7 Å². The topological polar surface area (TPSA) is 65.2 Å². The highest BCUT2D eigenvalue weighted by Crippen LogP contribution is 2.21. The van der Waals surface area contributed by atoms with Gasteiger partial charge in [0.2, 0.25) is 5.69 Å². The summed E-state index contributed by atoms with van der Waals surface area (Å²) in [5.41, 5.74) is 0.335. The number of carbonyl (C=O) groups is 1. The maximum absolute atomic E-state index is 12.2. The van der Waals surface area contributed by atoms with Crippen LogP contribution in [0.5, 0.6) is 5.75 Å². The number of ether oxygens (including phenoxy) is 2. The molecule has 2 aliphatic heterocycles. The predicted octanol–water partition coefficient (Wildman–Crippen LogP) is 3.79. The molecule has 0 aliphatic carbocycles. The van der Waals surface area contributed by atoms with Gasteiger partial charge in [-0.05, 0) is 65.6 Å². The van der Waals surface area contributed by atoms with Gasteiger partial charge in [0.15, 0.2) is 6.54 Å². The Bertz CT molecular complexity index is 755.